The van der Waals surface area contributed by atoms with Crippen LogP contribution < -0.4 is 16.6 Å². The average molecular weight is 365 g/mol. The van der Waals surface area contributed by atoms with Crippen molar-refractivity contribution >= 4 is 26.6 Å². The van der Waals surface area contributed by atoms with Gasteiger partial charge in [-0.3, -0.25) is 19.1 Å². The standard InChI is InChI=1S/C16H19N3O5S/c1-16(7-9-25(23,24)10-16)18-13(20)6-8-19-12-5-3-2-4-11(12)14(21)17-15(19)22/h2-5H,6-10H2,1H3,(H,18,20)(H,17,21,22). The molecule has 0 saturated carbocycles. The minimum Gasteiger partial charge on any atom is -0.350 e. The summed E-state index contributed by atoms with van der Waals surface area (Å²) >= 11 is 0. The van der Waals surface area contributed by atoms with Gasteiger partial charge < -0.3 is 5.32 Å². The lowest BCUT2D eigenvalue weighted by Gasteiger charge is -2.24. The minimum atomic E-state index is -3.12. The summed E-state index contributed by atoms with van der Waals surface area (Å²) in [5.74, 6) is -0.345. The number of aromatic nitrogens is 2. The Hall–Kier alpha value is -2.42. The number of carbonyl (C=O) groups is 1. The summed E-state index contributed by atoms with van der Waals surface area (Å²) in [5, 5.41) is 3.13. The van der Waals surface area contributed by atoms with Crippen molar-refractivity contribution in [2.75, 3.05) is 11.5 Å². The van der Waals surface area contributed by atoms with Gasteiger partial charge in [0.25, 0.3) is 5.56 Å². The number of nitrogens with zero attached hydrogens (tertiary/aromatic N) is 1. The van der Waals surface area contributed by atoms with Crippen LogP contribution in [0.3, 0.4) is 0 Å². The predicted molar refractivity (Wildman–Crippen MR) is 93.3 cm³/mol. The van der Waals surface area contributed by atoms with E-state index in [1.165, 1.54) is 4.57 Å². The molecule has 9 heteroatoms. The van der Waals surface area contributed by atoms with E-state index in [0.717, 1.165) is 0 Å². The van der Waals surface area contributed by atoms with Gasteiger partial charge in [-0.15, -0.1) is 0 Å². The minimum absolute atomic E-state index is 0.00554. The van der Waals surface area contributed by atoms with E-state index >= 15 is 0 Å². The predicted octanol–water partition coefficient (Wildman–Crippen LogP) is -0.227. The molecule has 2 aromatic rings. The fraction of sp³-hybridized carbons (Fsp3) is 0.438. The maximum absolute atomic E-state index is 12.2. The van der Waals surface area contributed by atoms with Gasteiger partial charge in [0.05, 0.1) is 27.9 Å². The van der Waals surface area contributed by atoms with Crippen molar-refractivity contribution in [2.45, 2.75) is 31.8 Å². The topological polar surface area (TPSA) is 118 Å². The zero-order chi connectivity index (χ0) is 18.2. The van der Waals surface area contributed by atoms with Crippen LogP contribution in [-0.2, 0) is 21.2 Å². The first-order valence-electron chi connectivity index (χ1n) is 7.92. The van der Waals surface area contributed by atoms with Crippen molar-refractivity contribution in [3.05, 3.63) is 45.1 Å². The smallest absolute Gasteiger partial charge is 0.328 e. The van der Waals surface area contributed by atoms with Crippen LogP contribution >= 0.6 is 0 Å². The highest BCUT2D eigenvalue weighted by atomic mass is 32.2. The molecule has 0 bridgehead atoms. The molecule has 1 unspecified atom stereocenters. The molecular weight excluding hydrogens is 346 g/mol. The van der Waals surface area contributed by atoms with Crippen LogP contribution in [0.5, 0.6) is 0 Å². The molecule has 1 aromatic heterocycles. The van der Waals surface area contributed by atoms with Crippen molar-refractivity contribution in [3.63, 3.8) is 0 Å². The number of aryl methyl sites for hydroxylation is 1. The Labute approximate surface area is 143 Å². The highest BCUT2D eigenvalue weighted by Crippen LogP contribution is 2.22. The number of benzene rings is 1. The maximum Gasteiger partial charge on any atom is 0.328 e. The number of hydrogen-bond donors (Lipinski definition) is 2. The zero-order valence-electron chi connectivity index (χ0n) is 13.7. The first kappa shape index (κ1) is 17.4. The molecule has 134 valence electrons. The third-order valence-electron chi connectivity index (χ3n) is 4.41. The van der Waals surface area contributed by atoms with Crippen LogP contribution in [-0.4, -0.2) is 40.9 Å². The van der Waals surface area contributed by atoms with Crippen molar-refractivity contribution < 1.29 is 13.2 Å². The molecule has 2 N–H and O–H groups in total. The molecule has 0 aliphatic carbocycles. The molecule has 25 heavy (non-hydrogen) atoms. The molecule has 1 atom stereocenters. The number of hydrogen-bond acceptors (Lipinski definition) is 5. The van der Waals surface area contributed by atoms with Crippen molar-refractivity contribution in [3.8, 4) is 0 Å². The Kier molecular flexibility index (Phi) is 4.28. The van der Waals surface area contributed by atoms with Gasteiger partial charge in [-0.05, 0) is 25.5 Å². The largest absolute Gasteiger partial charge is 0.350 e. The quantitative estimate of drug-likeness (QED) is 0.776. The molecular formula is C16H19N3O5S. The molecule has 1 fully saturated rings. The lowest BCUT2D eigenvalue weighted by Crippen LogP contribution is -2.47. The van der Waals surface area contributed by atoms with Gasteiger partial charge >= 0.3 is 5.69 Å². The van der Waals surface area contributed by atoms with Crippen LogP contribution in [0.15, 0.2) is 33.9 Å². The lowest BCUT2D eigenvalue weighted by molar-refractivity contribution is -0.122. The van der Waals surface area contributed by atoms with E-state index in [9.17, 15) is 22.8 Å². The van der Waals surface area contributed by atoms with E-state index in [1.807, 2.05) is 0 Å². The average Bonchev–Trinajstić information content (AvgIpc) is 2.80. The van der Waals surface area contributed by atoms with Gasteiger partial charge in [0, 0.05) is 13.0 Å². The molecule has 2 heterocycles. The van der Waals surface area contributed by atoms with Gasteiger partial charge in [-0.25, -0.2) is 13.2 Å². The highest BCUT2D eigenvalue weighted by Gasteiger charge is 2.39. The van der Waals surface area contributed by atoms with E-state index in [1.54, 1.807) is 31.2 Å². The Morgan fingerprint density at radius 1 is 1.32 bits per heavy atom. The fourth-order valence-electron chi connectivity index (χ4n) is 3.19. The Morgan fingerprint density at radius 2 is 2.04 bits per heavy atom. The maximum atomic E-state index is 12.2. The second-order valence-electron chi connectivity index (χ2n) is 6.63. The van der Waals surface area contributed by atoms with Crippen molar-refractivity contribution in [1.29, 1.82) is 0 Å². The lowest BCUT2D eigenvalue weighted by atomic mass is 10.0. The van der Waals surface area contributed by atoms with Crippen LogP contribution in [0.1, 0.15) is 19.8 Å². The molecule has 1 amide bonds. The third-order valence-corrected chi connectivity index (χ3v) is 6.32. The van der Waals surface area contributed by atoms with E-state index in [2.05, 4.69) is 10.3 Å². The second kappa shape index (κ2) is 6.14. The fourth-order valence-corrected chi connectivity index (χ4v) is 5.28. The molecule has 8 nitrogen and oxygen atoms in total. The first-order chi connectivity index (χ1) is 11.7. The molecule has 1 aromatic carbocycles. The molecule has 1 aliphatic rings. The van der Waals surface area contributed by atoms with Crippen LogP contribution in [0.25, 0.3) is 10.9 Å². The van der Waals surface area contributed by atoms with E-state index in [-0.39, 0.29) is 30.4 Å². The van der Waals surface area contributed by atoms with E-state index in [0.29, 0.717) is 17.3 Å². The zero-order valence-corrected chi connectivity index (χ0v) is 14.6. The summed E-state index contributed by atoms with van der Waals surface area (Å²) in [4.78, 5) is 38.3. The number of aromatic amines is 1. The Morgan fingerprint density at radius 3 is 2.72 bits per heavy atom. The van der Waals surface area contributed by atoms with Crippen LogP contribution in [0.2, 0.25) is 0 Å². The van der Waals surface area contributed by atoms with Crippen molar-refractivity contribution in [2.24, 2.45) is 0 Å². The molecule has 1 aliphatic heterocycles. The van der Waals surface area contributed by atoms with Gasteiger partial charge in [0.15, 0.2) is 9.84 Å². The first-order valence-corrected chi connectivity index (χ1v) is 9.75. The monoisotopic (exact) mass is 365 g/mol. The van der Waals surface area contributed by atoms with Gasteiger partial charge in [-0.1, -0.05) is 12.1 Å². The highest BCUT2D eigenvalue weighted by molar-refractivity contribution is 7.91. The number of amides is 1. The number of para-hydroxylation sites is 1. The van der Waals surface area contributed by atoms with E-state index < -0.39 is 26.6 Å². The second-order valence-corrected chi connectivity index (χ2v) is 8.81. The normalized spacial score (nSPS) is 22.1. The van der Waals surface area contributed by atoms with E-state index in [4.69, 9.17) is 0 Å². The number of fused-ring (bicyclic) bond motifs is 1. The van der Waals surface area contributed by atoms with Crippen LogP contribution in [0, 0.1) is 0 Å². The summed E-state index contributed by atoms with van der Waals surface area (Å²) in [7, 11) is -3.12. The molecule has 3 rings (SSSR count). The number of H-pyrrole nitrogens is 1. The SMILES string of the molecule is CC1(NC(=O)CCn2c(=O)[nH]c(=O)c3ccccc32)CCS(=O)(=O)C1. The molecule has 1 saturated heterocycles. The third kappa shape index (κ3) is 3.65. The Bertz CT molecular complexity index is 1050. The molecule has 0 spiro atoms. The summed E-state index contributed by atoms with van der Waals surface area (Å²) < 4.78 is 24.5. The number of carbonyl (C=O) groups excluding carboxylic acids is 1. The van der Waals surface area contributed by atoms with Gasteiger partial charge in [0.1, 0.15) is 0 Å². The summed E-state index contributed by atoms with van der Waals surface area (Å²) in [6.07, 6.45) is 0.383. The molecule has 0 radical (unpaired) electrons. The van der Waals surface area contributed by atoms with Crippen LogP contribution in [0.4, 0.5) is 0 Å². The van der Waals surface area contributed by atoms with Gasteiger partial charge in [0.2, 0.25) is 5.91 Å². The summed E-state index contributed by atoms with van der Waals surface area (Å²) in [5.41, 5.74) is -1.36. The Balaban J connectivity index is 1.76. The number of sulfone groups is 1. The van der Waals surface area contributed by atoms with Gasteiger partial charge in [-0.2, -0.15) is 0 Å². The summed E-state index contributed by atoms with van der Waals surface area (Å²) in [6, 6.07) is 6.66. The van der Waals surface area contributed by atoms with Crippen molar-refractivity contribution in [1.82, 2.24) is 14.9 Å². The number of rotatable bonds is 4. The summed E-state index contributed by atoms with van der Waals surface area (Å²) in [6.45, 7) is 1.79. The number of nitrogens with one attached hydrogen (secondary N) is 2.